The number of nitrogens with zero attached hydrogens (tertiary/aromatic N) is 1. The van der Waals surface area contributed by atoms with Crippen LogP contribution in [0.2, 0.25) is 0 Å². The van der Waals surface area contributed by atoms with E-state index >= 15 is 0 Å². The highest BCUT2D eigenvalue weighted by Gasteiger charge is 2.16. The van der Waals surface area contributed by atoms with Gasteiger partial charge in [0.1, 0.15) is 0 Å². The van der Waals surface area contributed by atoms with Crippen LogP contribution in [0.5, 0.6) is 0 Å². The summed E-state index contributed by atoms with van der Waals surface area (Å²) in [5.74, 6) is 1.00. The Balaban J connectivity index is 1.77. The van der Waals surface area contributed by atoms with E-state index in [1.54, 1.807) is 0 Å². The van der Waals surface area contributed by atoms with Gasteiger partial charge in [-0.3, -0.25) is 0 Å². The highest BCUT2D eigenvalue weighted by Crippen LogP contribution is 2.23. The molecular weight excluding hydrogens is 210 g/mol. The molecule has 17 heavy (non-hydrogen) atoms. The van der Waals surface area contributed by atoms with Crippen LogP contribution in [0.1, 0.15) is 57.8 Å². The van der Waals surface area contributed by atoms with E-state index in [0.29, 0.717) is 0 Å². The van der Waals surface area contributed by atoms with Gasteiger partial charge in [0.2, 0.25) is 0 Å². The van der Waals surface area contributed by atoms with Gasteiger partial charge in [0.25, 0.3) is 0 Å². The standard InChI is InChI=1S/C15H29NO/c1-3-10-16-11-6-8-15(9-12-16)7-2-5-14-17-13-4-1/h15H,1-14H2. The molecule has 0 aliphatic carbocycles. The zero-order valence-electron chi connectivity index (χ0n) is 11.3. The molecule has 2 atom stereocenters. The van der Waals surface area contributed by atoms with Crippen LogP contribution >= 0.6 is 0 Å². The van der Waals surface area contributed by atoms with E-state index in [1.165, 1.54) is 77.4 Å². The van der Waals surface area contributed by atoms with Crippen molar-refractivity contribution in [3.8, 4) is 0 Å². The van der Waals surface area contributed by atoms with Crippen molar-refractivity contribution in [1.82, 2.24) is 4.90 Å². The van der Waals surface area contributed by atoms with E-state index in [-0.39, 0.29) is 0 Å². The van der Waals surface area contributed by atoms with Gasteiger partial charge in [-0.1, -0.05) is 12.8 Å². The molecule has 2 saturated heterocycles. The summed E-state index contributed by atoms with van der Waals surface area (Å²) in [4.78, 5) is 2.70. The van der Waals surface area contributed by atoms with Crippen molar-refractivity contribution in [3.05, 3.63) is 0 Å². The van der Waals surface area contributed by atoms with Gasteiger partial charge in [-0.15, -0.1) is 0 Å². The van der Waals surface area contributed by atoms with E-state index in [4.69, 9.17) is 4.74 Å². The van der Waals surface area contributed by atoms with Crippen LogP contribution in [-0.2, 0) is 4.74 Å². The second-order valence-electron chi connectivity index (χ2n) is 5.81. The fraction of sp³-hybridized carbons (Fsp3) is 1.00. The number of rotatable bonds is 0. The summed E-state index contributed by atoms with van der Waals surface area (Å²) in [7, 11) is 0. The van der Waals surface area contributed by atoms with Crippen LogP contribution in [0.4, 0.5) is 0 Å². The Morgan fingerprint density at radius 1 is 0.647 bits per heavy atom. The lowest BCUT2D eigenvalue weighted by atomic mass is 9.94. The molecule has 100 valence electrons. The first-order chi connectivity index (χ1) is 8.45. The molecule has 0 saturated carbocycles. The third-order valence-corrected chi connectivity index (χ3v) is 4.35. The highest BCUT2D eigenvalue weighted by molar-refractivity contribution is 4.70. The predicted octanol–water partition coefficient (Wildman–Crippen LogP) is 3.46. The van der Waals surface area contributed by atoms with Crippen molar-refractivity contribution < 1.29 is 4.74 Å². The first-order valence-corrected chi connectivity index (χ1v) is 7.75. The van der Waals surface area contributed by atoms with Crippen LogP contribution in [0, 0.1) is 5.92 Å². The van der Waals surface area contributed by atoms with Crippen LogP contribution in [0.15, 0.2) is 0 Å². The number of ether oxygens (including phenoxy) is 1. The van der Waals surface area contributed by atoms with Crippen molar-refractivity contribution in [2.45, 2.75) is 57.8 Å². The molecular formula is C15H29NO. The Bertz CT molecular complexity index is 175. The molecule has 0 N–H and O–H groups in total. The molecule has 2 heterocycles. The maximum Gasteiger partial charge on any atom is 0.0466 e. The van der Waals surface area contributed by atoms with Gasteiger partial charge >= 0.3 is 0 Å². The smallest absolute Gasteiger partial charge is 0.0466 e. The zero-order chi connectivity index (χ0) is 11.8. The highest BCUT2D eigenvalue weighted by atomic mass is 16.5. The predicted molar refractivity (Wildman–Crippen MR) is 72.3 cm³/mol. The molecule has 2 bridgehead atoms. The van der Waals surface area contributed by atoms with E-state index < -0.39 is 0 Å². The van der Waals surface area contributed by atoms with E-state index in [0.717, 1.165) is 19.1 Å². The summed E-state index contributed by atoms with van der Waals surface area (Å²) in [5, 5.41) is 0. The Kier molecular flexibility index (Phi) is 6.36. The summed E-state index contributed by atoms with van der Waals surface area (Å²) >= 11 is 0. The third-order valence-electron chi connectivity index (χ3n) is 4.35. The lowest BCUT2D eigenvalue weighted by Crippen LogP contribution is -2.26. The first kappa shape index (κ1) is 13.4. The lowest BCUT2D eigenvalue weighted by molar-refractivity contribution is 0.123. The Labute approximate surface area is 107 Å². The fourth-order valence-corrected chi connectivity index (χ4v) is 3.19. The topological polar surface area (TPSA) is 12.5 Å². The molecule has 2 aliphatic rings. The van der Waals surface area contributed by atoms with Crippen molar-refractivity contribution >= 4 is 0 Å². The normalized spacial score (nSPS) is 33.9. The summed E-state index contributed by atoms with van der Waals surface area (Å²) in [6, 6.07) is 0. The van der Waals surface area contributed by atoms with Crippen LogP contribution in [0.25, 0.3) is 0 Å². The minimum Gasteiger partial charge on any atom is -0.381 e. The minimum absolute atomic E-state index is 0.990. The second-order valence-corrected chi connectivity index (χ2v) is 5.81. The maximum absolute atomic E-state index is 5.68. The fourth-order valence-electron chi connectivity index (χ4n) is 3.19. The van der Waals surface area contributed by atoms with Crippen LogP contribution in [0.3, 0.4) is 0 Å². The van der Waals surface area contributed by atoms with Crippen molar-refractivity contribution in [3.63, 3.8) is 0 Å². The SMILES string of the molecule is C1CCOCCCCC2CCCN(CC1)CC2. The average molecular weight is 239 g/mol. The largest absolute Gasteiger partial charge is 0.381 e. The van der Waals surface area contributed by atoms with E-state index in [1.807, 2.05) is 0 Å². The van der Waals surface area contributed by atoms with Gasteiger partial charge in [-0.2, -0.15) is 0 Å². The zero-order valence-corrected chi connectivity index (χ0v) is 11.3. The molecule has 2 nitrogen and oxygen atoms in total. The second kappa shape index (κ2) is 8.10. The molecule has 2 unspecified atom stereocenters. The molecule has 0 spiro atoms. The lowest BCUT2D eigenvalue weighted by Gasteiger charge is -2.20. The molecule has 2 fully saturated rings. The quantitative estimate of drug-likeness (QED) is 0.642. The summed E-state index contributed by atoms with van der Waals surface area (Å²) < 4.78 is 5.68. The van der Waals surface area contributed by atoms with E-state index in [9.17, 15) is 0 Å². The Morgan fingerprint density at radius 3 is 2.35 bits per heavy atom. The average Bonchev–Trinajstić information content (AvgIpc) is 2.57. The van der Waals surface area contributed by atoms with Gasteiger partial charge in [0.05, 0.1) is 0 Å². The van der Waals surface area contributed by atoms with E-state index in [2.05, 4.69) is 4.90 Å². The molecule has 0 aromatic heterocycles. The Hall–Kier alpha value is -0.0800. The molecule has 2 heteroatoms. The van der Waals surface area contributed by atoms with Crippen molar-refractivity contribution in [2.75, 3.05) is 32.8 Å². The monoisotopic (exact) mass is 239 g/mol. The van der Waals surface area contributed by atoms with Crippen LogP contribution < -0.4 is 0 Å². The molecule has 0 amide bonds. The first-order valence-electron chi connectivity index (χ1n) is 7.75. The number of hydrogen-bond donors (Lipinski definition) is 0. The van der Waals surface area contributed by atoms with Gasteiger partial charge < -0.3 is 9.64 Å². The van der Waals surface area contributed by atoms with Crippen molar-refractivity contribution in [2.24, 2.45) is 5.92 Å². The van der Waals surface area contributed by atoms with Crippen LogP contribution in [-0.4, -0.2) is 37.7 Å². The minimum atomic E-state index is 0.990. The van der Waals surface area contributed by atoms with Gasteiger partial charge in [-0.25, -0.2) is 0 Å². The molecule has 0 radical (unpaired) electrons. The summed E-state index contributed by atoms with van der Waals surface area (Å²) in [5.41, 5.74) is 0. The maximum atomic E-state index is 5.68. The molecule has 0 aromatic carbocycles. The van der Waals surface area contributed by atoms with Gasteiger partial charge in [0, 0.05) is 13.2 Å². The number of hydrogen-bond acceptors (Lipinski definition) is 2. The summed E-state index contributed by atoms with van der Waals surface area (Å²) in [6.45, 7) is 6.03. The molecule has 0 aromatic rings. The summed E-state index contributed by atoms with van der Waals surface area (Å²) in [6.07, 6.45) is 12.4. The van der Waals surface area contributed by atoms with Crippen molar-refractivity contribution in [1.29, 1.82) is 0 Å². The number of fused-ring (bicyclic) bond motifs is 3. The van der Waals surface area contributed by atoms with Gasteiger partial charge in [-0.05, 0) is 70.5 Å². The molecule has 2 rings (SSSR count). The van der Waals surface area contributed by atoms with Gasteiger partial charge in [0.15, 0.2) is 0 Å². The molecule has 2 aliphatic heterocycles. The third kappa shape index (κ3) is 5.39. The Morgan fingerprint density at radius 2 is 1.41 bits per heavy atom.